The molecule has 0 bridgehead atoms. The molecule has 0 atom stereocenters. The van der Waals surface area contributed by atoms with Gasteiger partial charge in [0.2, 0.25) is 10.0 Å². The number of benzene rings is 3. The Balaban J connectivity index is 1.50. The van der Waals surface area contributed by atoms with Crippen molar-refractivity contribution in [2.75, 3.05) is 12.4 Å². The monoisotopic (exact) mass is 524 g/mol. The first kappa shape index (κ1) is 23.5. The Kier molecular flexibility index (Phi) is 5.66. The molecule has 0 saturated heterocycles. The molecule has 0 aliphatic rings. The van der Waals surface area contributed by atoms with Crippen molar-refractivity contribution >= 4 is 37.9 Å². The van der Waals surface area contributed by atoms with Gasteiger partial charge in [0.1, 0.15) is 5.75 Å². The number of hydrogen-bond acceptors (Lipinski definition) is 9. The maximum atomic E-state index is 12.5. The number of methoxy groups -OCH3 is 1. The lowest BCUT2D eigenvalue weighted by Crippen LogP contribution is -2.14. The second-order valence-electron chi connectivity index (χ2n) is 8.34. The van der Waals surface area contributed by atoms with Gasteiger partial charge in [-0.25, -0.2) is 23.5 Å². The van der Waals surface area contributed by atoms with Crippen LogP contribution in [0.5, 0.6) is 5.75 Å². The van der Waals surface area contributed by atoms with Gasteiger partial charge in [-0.05, 0) is 48.5 Å². The third kappa shape index (κ3) is 4.17. The number of primary sulfonamides is 1. The summed E-state index contributed by atoms with van der Waals surface area (Å²) in [6.45, 7) is 0. The van der Waals surface area contributed by atoms with Crippen LogP contribution in [0, 0.1) is 0 Å². The van der Waals surface area contributed by atoms with E-state index in [1.807, 2.05) is 48.5 Å². The molecule has 188 valence electrons. The van der Waals surface area contributed by atoms with Gasteiger partial charge in [0, 0.05) is 40.0 Å². The van der Waals surface area contributed by atoms with Crippen molar-refractivity contribution in [2.24, 2.45) is 5.14 Å². The van der Waals surface area contributed by atoms with Gasteiger partial charge in [-0.3, -0.25) is 0 Å². The fourth-order valence-corrected chi connectivity index (χ4v) is 4.95. The first-order chi connectivity index (χ1) is 18.4. The number of hydrogen-bond donors (Lipinski definition) is 2. The third-order valence-electron chi connectivity index (χ3n) is 5.97. The number of rotatable bonds is 6. The van der Waals surface area contributed by atoms with Gasteiger partial charge in [-0.15, -0.1) is 15.3 Å². The minimum atomic E-state index is -4.09. The van der Waals surface area contributed by atoms with E-state index in [1.54, 1.807) is 29.8 Å². The van der Waals surface area contributed by atoms with Gasteiger partial charge in [-0.2, -0.15) is 4.52 Å². The summed E-state index contributed by atoms with van der Waals surface area (Å²) in [5, 5.41) is 24.0. The van der Waals surface area contributed by atoms with Gasteiger partial charge in [-0.1, -0.05) is 24.3 Å². The van der Waals surface area contributed by atoms with Crippen molar-refractivity contribution in [3.63, 3.8) is 0 Å². The highest BCUT2D eigenvalue weighted by molar-refractivity contribution is 7.89. The molecule has 0 amide bonds. The van der Waals surface area contributed by atoms with Crippen molar-refractivity contribution in [3.05, 3.63) is 85.2 Å². The number of ether oxygens (including phenoxy) is 1. The summed E-state index contributed by atoms with van der Waals surface area (Å²) in [6.07, 6.45) is 3.07. The SMILES string of the molecule is COc1ccc(-c2nnc3c4ccccc4c(Nc4ccc(-c5ncccn5)c(S(N)(=O)=O)c4)nn23)cc1. The minimum absolute atomic E-state index is 0.109. The third-order valence-corrected chi connectivity index (χ3v) is 6.92. The molecular formula is C26H20N8O3S. The molecule has 12 heteroatoms. The van der Waals surface area contributed by atoms with E-state index in [0.717, 1.165) is 22.1 Å². The van der Waals surface area contributed by atoms with Crippen molar-refractivity contribution < 1.29 is 13.2 Å². The summed E-state index contributed by atoms with van der Waals surface area (Å²) in [4.78, 5) is 8.22. The summed E-state index contributed by atoms with van der Waals surface area (Å²) in [5.41, 5.74) is 2.15. The molecule has 3 heterocycles. The number of nitrogens with one attached hydrogen (secondary N) is 1. The molecule has 6 aromatic rings. The highest BCUT2D eigenvalue weighted by atomic mass is 32.2. The average molecular weight is 525 g/mol. The molecule has 3 aromatic heterocycles. The maximum Gasteiger partial charge on any atom is 0.238 e. The van der Waals surface area contributed by atoms with Crippen LogP contribution < -0.4 is 15.2 Å². The van der Waals surface area contributed by atoms with E-state index in [9.17, 15) is 8.42 Å². The summed E-state index contributed by atoms with van der Waals surface area (Å²) in [5.74, 6) is 1.99. The number of fused-ring (bicyclic) bond motifs is 3. The van der Waals surface area contributed by atoms with Crippen LogP contribution in [0.25, 0.3) is 39.2 Å². The number of aromatic nitrogens is 6. The van der Waals surface area contributed by atoms with E-state index in [1.165, 1.54) is 18.5 Å². The van der Waals surface area contributed by atoms with Crippen LogP contribution in [0.3, 0.4) is 0 Å². The van der Waals surface area contributed by atoms with Crippen molar-refractivity contribution in [3.8, 4) is 28.5 Å². The first-order valence-electron chi connectivity index (χ1n) is 11.4. The molecule has 0 aliphatic heterocycles. The van der Waals surface area contributed by atoms with Gasteiger partial charge in [0.25, 0.3) is 0 Å². The molecule has 0 saturated carbocycles. The van der Waals surface area contributed by atoms with Gasteiger partial charge >= 0.3 is 0 Å². The molecule has 3 aromatic carbocycles. The Morgan fingerprint density at radius 2 is 1.63 bits per heavy atom. The standard InChI is InChI=1S/C26H20N8O3S/c1-37-18-10-7-16(8-11-18)25-31-32-26-20-6-3-2-5-19(20)24(33-34(25)26)30-17-9-12-21(22(15-17)38(27,35)36)23-28-13-4-14-29-23/h2-15H,1H3,(H,30,33)(H2,27,35,36). The summed E-state index contributed by atoms with van der Waals surface area (Å²) in [7, 11) is -2.48. The van der Waals surface area contributed by atoms with Gasteiger partial charge in [0.15, 0.2) is 23.1 Å². The summed E-state index contributed by atoms with van der Waals surface area (Å²) < 4.78 is 31.9. The Hall–Kier alpha value is -4.94. The molecule has 3 N–H and O–H groups in total. The Bertz CT molecular complexity index is 1910. The summed E-state index contributed by atoms with van der Waals surface area (Å²) in [6, 6.07) is 21.5. The van der Waals surface area contributed by atoms with Crippen molar-refractivity contribution in [1.82, 2.24) is 29.8 Å². The minimum Gasteiger partial charge on any atom is -0.497 e. The van der Waals surface area contributed by atoms with Crippen LogP contribution in [-0.2, 0) is 10.0 Å². The zero-order chi connectivity index (χ0) is 26.3. The van der Waals surface area contributed by atoms with Crippen LogP contribution in [0.4, 0.5) is 11.5 Å². The lowest BCUT2D eigenvalue weighted by atomic mass is 10.1. The van der Waals surface area contributed by atoms with E-state index in [2.05, 4.69) is 25.5 Å². The van der Waals surface area contributed by atoms with E-state index in [4.69, 9.17) is 15.0 Å². The van der Waals surface area contributed by atoms with Crippen molar-refractivity contribution in [2.45, 2.75) is 4.90 Å². The van der Waals surface area contributed by atoms with E-state index in [0.29, 0.717) is 28.5 Å². The van der Waals surface area contributed by atoms with Gasteiger partial charge < -0.3 is 10.1 Å². The topological polar surface area (TPSA) is 150 Å². The zero-order valence-electron chi connectivity index (χ0n) is 20.0. The van der Waals surface area contributed by atoms with Crippen LogP contribution in [0.15, 0.2) is 90.1 Å². The number of nitrogens with zero attached hydrogens (tertiary/aromatic N) is 6. The van der Waals surface area contributed by atoms with E-state index >= 15 is 0 Å². The smallest absolute Gasteiger partial charge is 0.238 e. The number of nitrogens with two attached hydrogens (primary N) is 1. The van der Waals surface area contributed by atoms with Crippen molar-refractivity contribution in [1.29, 1.82) is 0 Å². The number of anilines is 2. The first-order valence-corrected chi connectivity index (χ1v) is 13.0. The normalized spacial score (nSPS) is 11.6. The highest BCUT2D eigenvalue weighted by Gasteiger charge is 2.20. The molecule has 0 radical (unpaired) electrons. The highest BCUT2D eigenvalue weighted by Crippen LogP contribution is 2.32. The second kappa shape index (κ2) is 9.18. The molecule has 0 unspecified atom stereocenters. The molecule has 0 fully saturated rings. The molecular weight excluding hydrogens is 504 g/mol. The Labute approximate surface area is 217 Å². The second-order valence-corrected chi connectivity index (χ2v) is 9.86. The predicted octanol–water partition coefficient (Wildman–Crippen LogP) is 3.80. The lowest BCUT2D eigenvalue weighted by Gasteiger charge is -2.13. The summed E-state index contributed by atoms with van der Waals surface area (Å²) >= 11 is 0. The fourth-order valence-electron chi connectivity index (χ4n) is 4.19. The Morgan fingerprint density at radius 3 is 2.34 bits per heavy atom. The molecule has 0 aliphatic carbocycles. The lowest BCUT2D eigenvalue weighted by molar-refractivity contribution is 0.415. The van der Waals surface area contributed by atoms with Crippen LogP contribution in [0.2, 0.25) is 0 Å². The molecule has 0 spiro atoms. The van der Waals surface area contributed by atoms with Gasteiger partial charge in [0.05, 0.1) is 12.0 Å². The largest absolute Gasteiger partial charge is 0.497 e. The maximum absolute atomic E-state index is 12.5. The average Bonchev–Trinajstić information content (AvgIpc) is 3.37. The molecule has 11 nitrogen and oxygen atoms in total. The zero-order valence-corrected chi connectivity index (χ0v) is 20.8. The van der Waals surface area contributed by atoms with Crippen LogP contribution >= 0.6 is 0 Å². The molecule has 6 rings (SSSR count). The van der Waals surface area contributed by atoms with E-state index in [-0.39, 0.29) is 10.7 Å². The fraction of sp³-hybridized carbons (Fsp3) is 0.0385. The van der Waals surface area contributed by atoms with E-state index < -0.39 is 10.0 Å². The van der Waals surface area contributed by atoms with Crippen LogP contribution in [0.1, 0.15) is 0 Å². The molecule has 38 heavy (non-hydrogen) atoms. The van der Waals surface area contributed by atoms with Crippen LogP contribution in [-0.4, -0.2) is 45.3 Å². The number of sulfonamides is 1. The Morgan fingerprint density at radius 1 is 0.895 bits per heavy atom. The quantitative estimate of drug-likeness (QED) is 0.331. The predicted molar refractivity (Wildman–Crippen MR) is 142 cm³/mol.